The lowest BCUT2D eigenvalue weighted by Crippen LogP contribution is -2.57. The predicted octanol–water partition coefficient (Wildman–Crippen LogP) is 2.01. The van der Waals surface area contributed by atoms with Gasteiger partial charge in [-0.2, -0.15) is 0 Å². The summed E-state index contributed by atoms with van der Waals surface area (Å²) in [5.74, 6) is 0.103. The van der Waals surface area contributed by atoms with E-state index in [9.17, 15) is 15.3 Å². The predicted molar refractivity (Wildman–Crippen MR) is 71.1 cm³/mol. The lowest BCUT2D eigenvalue weighted by Gasteiger charge is -2.55. The van der Waals surface area contributed by atoms with Crippen LogP contribution in [0.2, 0.25) is 0 Å². The van der Waals surface area contributed by atoms with Gasteiger partial charge < -0.3 is 15.3 Å². The highest BCUT2D eigenvalue weighted by Crippen LogP contribution is 2.56. The molecule has 2 aliphatic carbocycles. The maximum absolute atomic E-state index is 10.7. The topological polar surface area (TPSA) is 60.7 Å². The van der Waals surface area contributed by atoms with E-state index in [0.29, 0.717) is 12.8 Å². The van der Waals surface area contributed by atoms with Gasteiger partial charge in [0.2, 0.25) is 0 Å². The van der Waals surface area contributed by atoms with Gasteiger partial charge in [-0.1, -0.05) is 13.5 Å². The average molecular weight is 254 g/mol. The van der Waals surface area contributed by atoms with Crippen LogP contribution in [0.5, 0.6) is 0 Å². The molecule has 3 N–H and O–H groups in total. The highest BCUT2D eigenvalue weighted by Gasteiger charge is 2.54. The molecule has 0 aliphatic heterocycles. The first-order valence-electron chi connectivity index (χ1n) is 6.91. The highest BCUT2D eigenvalue weighted by atomic mass is 16.4. The van der Waals surface area contributed by atoms with E-state index in [1.807, 2.05) is 0 Å². The molecule has 0 aromatic carbocycles. The van der Waals surface area contributed by atoms with Crippen LogP contribution in [-0.2, 0) is 0 Å². The van der Waals surface area contributed by atoms with E-state index in [-0.39, 0.29) is 11.3 Å². The normalized spacial score (nSPS) is 45.8. The van der Waals surface area contributed by atoms with Gasteiger partial charge in [0.05, 0.1) is 17.3 Å². The Morgan fingerprint density at radius 2 is 1.89 bits per heavy atom. The standard InChI is InChI=1S/C15H26O3/c1-10-11-9-15(18,13(2,3)17)8-7-14(11,4)6-5-12(10)16/h11-12,16-18H,1,5-9H2,2-4H3/t11-,12+,14+,15-/m0/s1. The van der Waals surface area contributed by atoms with Gasteiger partial charge in [0, 0.05) is 0 Å². The Labute approximate surface area is 110 Å². The Balaban J connectivity index is 2.28. The second-order valence-corrected chi connectivity index (χ2v) is 7.13. The van der Waals surface area contributed by atoms with Crippen molar-refractivity contribution in [3.63, 3.8) is 0 Å². The Kier molecular flexibility index (Phi) is 3.16. The number of aliphatic hydroxyl groups is 3. The maximum atomic E-state index is 10.7. The van der Waals surface area contributed by atoms with Crippen molar-refractivity contribution in [1.29, 1.82) is 0 Å². The third-order valence-electron chi connectivity index (χ3n) is 5.50. The number of hydrogen-bond acceptors (Lipinski definition) is 3. The first kappa shape index (κ1) is 14.0. The quantitative estimate of drug-likeness (QED) is 0.627. The van der Waals surface area contributed by atoms with Gasteiger partial charge in [0.1, 0.15) is 0 Å². The summed E-state index contributed by atoms with van der Waals surface area (Å²) in [6.07, 6.45) is 3.29. The zero-order chi connectivity index (χ0) is 13.8. The molecule has 3 nitrogen and oxygen atoms in total. The molecular weight excluding hydrogens is 228 g/mol. The summed E-state index contributed by atoms with van der Waals surface area (Å²) < 4.78 is 0. The summed E-state index contributed by atoms with van der Waals surface area (Å²) in [5, 5.41) is 30.8. The van der Waals surface area contributed by atoms with E-state index in [1.54, 1.807) is 13.8 Å². The first-order valence-corrected chi connectivity index (χ1v) is 6.91. The molecule has 0 radical (unpaired) electrons. The fraction of sp³-hybridized carbons (Fsp3) is 0.867. The van der Waals surface area contributed by atoms with Crippen LogP contribution in [0.3, 0.4) is 0 Å². The van der Waals surface area contributed by atoms with E-state index in [2.05, 4.69) is 13.5 Å². The molecule has 0 aromatic rings. The van der Waals surface area contributed by atoms with E-state index >= 15 is 0 Å². The smallest absolute Gasteiger partial charge is 0.0934 e. The maximum Gasteiger partial charge on any atom is 0.0934 e. The number of aliphatic hydroxyl groups excluding tert-OH is 1. The van der Waals surface area contributed by atoms with Crippen LogP contribution in [0.15, 0.2) is 12.2 Å². The minimum Gasteiger partial charge on any atom is -0.389 e. The van der Waals surface area contributed by atoms with Crippen molar-refractivity contribution in [2.24, 2.45) is 11.3 Å². The Hall–Kier alpha value is -0.380. The zero-order valence-corrected chi connectivity index (χ0v) is 11.7. The van der Waals surface area contributed by atoms with Crippen molar-refractivity contribution in [2.75, 3.05) is 0 Å². The summed E-state index contributed by atoms with van der Waals surface area (Å²) in [4.78, 5) is 0. The Morgan fingerprint density at radius 1 is 1.28 bits per heavy atom. The van der Waals surface area contributed by atoms with Gasteiger partial charge >= 0.3 is 0 Å². The molecule has 2 aliphatic rings. The van der Waals surface area contributed by atoms with Crippen molar-refractivity contribution < 1.29 is 15.3 Å². The van der Waals surface area contributed by atoms with Crippen LogP contribution in [0.4, 0.5) is 0 Å². The monoisotopic (exact) mass is 254 g/mol. The van der Waals surface area contributed by atoms with Crippen LogP contribution in [0, 0.1) is 11.3 Å². The van der Waals surface area contributed by atoms with Gasteiger partial charge in [0.25, 0.3) is 0 Å². The van der Waals surface area contributed by atoms with Crippen molar-refractivity contribution in [1.82, 2.24) is 0 Å². The van der Waals surface area contributed by atoms with Crippen molar-refractivity contribution in [2.45, 2.75) is 70.2 Å². The lowest BCUT2D eigenvalue weighted by atomic mass is 9.53. The van der Waals surface area contributed by atoms with Crippen LogP contribution in [-0.4, -0.2) is 32.6 Å². The Morgan fingerprint density at radius 3 is 2.44 bits per heavy atom. The molecule has 0 unspecified atom stereocenters. The molecule has 2 rings (SSSR count). The molecule has 0 spiro atoms. The summed E-state index contributed by atoms with van der Waals surface area (Å²) in [6.45, 7) is 9.58. The zero-order valence-electron chi connectivity index (χ0n) is 11.7. The lowest BCUT2D eigenvalue weighted by molar-refractivity contribution is -0.177. The minimum atomic E-state index is -1.11. The third-order valence-corrected chi connectivity index (χ3v) is 5.50. The Bertz CT molecular complexity index is 357. The molecule has 0 amide bonds. The third kappa shape index (κ3) is 2.02. The van der Waals surface area contributed by atoms with Crippen LogP contribution in [0.1, 0.15) is 52.9 Å². The molecule has 104 valence electrons. The van der Waals surface area contributed by atoms with Gasteiger partial charge in [0.15, 0.2) is 0 Å². The minimum absolute atomic E-state index is 0.103. The second-order valence-electron chi connectivity index (χ2n) is 7.13. The largest absolute Gasteiger partial charge is 0.389 e. The van der Waals surface area contributed by atoms with E-state index in [4.69, 9.17) is 0 Å². The molecule has 0 saturated heterocycles. The second kappa shape index (κ2) is 4.06. The average Bonchev–Trinajstić information content (AvgIpc) is 2.26. The van der Waals surface area contributed by atoms with Crippen molar-refractivity contribution in [3.05, 3.63) is 12.2 Å². The molecule has 3 heteroatoms. The van der Waals surface area contributed by atoms with E-state index in [0.717, 1.165) is 24.8 Å². The van der Waals surface area contributed by atoms with Crippen LogP contribution < -0.4 is 0 Å². The van der Waals surface area contributed by atoms with Gasteiger partial charge in [-0.25, -0.2) is 0 Å². The molecule has 2 fully saturated rings. The number of rotatable bonds is 1. The van der Waals surface area contributed by atoms with Crippen LogP contribution in [0.25, 0.3) is 0 Å². The SMILES string of the molecule is C=C1[C@H](O)CC[C@]2(C)CC[C@@](O)(C(C)(C)O)C[C@@H]12. The van der Waals surface area contributed by atoms with Crippen molar-refractivity contribution in [3.8, 4) is 0 Å². The molecule has 0 aromatic heterocycles. The van der Waals surface area contributed by atoms with Crippen molar-refractivity contribution >= 4 is 0 Å². The molecule has 2 saturated carbocycles. The number of hydrogen-bond donors (Lipinski definition) is 3. The summed E-state index contributed by atoms with van der Waals surface area (Å²) in [5.41, 5.74) is -1.23. The molecule has 18 heavy (non-hydrogen) atoms. The highest BCUT2D eigenvalue weighted by molar-refractivity contribution is 5.20. The summed E-state index contributed by atoms with van der Waals surface area (Å²) in [7, 11) is 0. The molecule has 4 atom stereocenters. The molecular formula is C15H26O3. The number of fused-ring (bicyclic) bond motifs is 1. The fourth-order valence-corrected chi connectivity index (χ4v) is 3.67. The van der Waals surface area contributed by atoms with Gasteiger partial charge in [-0.3, -0.25) is 0 Å². The van der Waals surface area contributed by atoms with E-state index in [1.165, 1.54) is 0 Å². The summed E-state index contributed by atoms with van der Waals surface area (Å²) in [6, 6.07) is 0. The van der Waals surface area contributed by atoms with Crippen LogP contribution >= 0.6 is 0 Å². The van der Waals surface area contributed by atoms with E-state index < -0.39 is 17.3 Å². The molecule has 0 heterocycles. The van der Waals surface area contributed by atoms with Gasteiger partial charge in [-0.15, -0.1) is 0 Å². The fourth-order valence-electron chi connectivity index (χ4n) is 3.67. The van der Waals surface area contributed by atoms with Gasteiger partial charge in [-0.05, 0) is 62.9 Å². The molecule has 0 bridgehead atoms. The summed E-state index contributed by atoms with van der Waals surface area (Å²) >= 11 is 0. The first-order chi connectivity index (χ1) is 8.09.